The lowest BCUT2D eigenvalue weighted by atomic mass is 9.80. The summed E-state index contributed by atoms with van der Waals surface area (Å²) >= 11 is 0. The van der Waals surface area contributed by atoms with E-state index in [1.807, 2.05) is 32.9 Å². The van der Waals surface area contributed by atoms with E-state index < -0.39 is 12.1 Å². The number of hydrogen-bond donors (Lipinski definition) is 3. The molecule has 0 radical (unpaired) electrons. The first kappa shape index (κ1) is 26.3. The Hall–Kier alpha value is -2.28. The molecule has 2 aromatic carbocycles. The van der Waals surface area contributed by atoms with Gasteiger partial charge in [-0.15, -0.1) is 0 Å². The highest BCUT2D eigenvalue weighted by Gasteiger charge is 2.70. The number of rotatable bonds is 11. The topological polar surface area (TPSA) is 78.8 Å². The van der Waals surface area contributed by atoms with E-state index in [1.165, 1.54) is 5.56 Å². The van der Waals surface area contributed by atoms with Gasteiger partial charge in [0.1, 0.15) is 5.82 Å². The lowest BCUT2D eigenvalue weighted by molar-refractivity contribution is -0.139. The Balaban J connectivity index is 1.14. The van der Waals surface area contributed by atoms with Crippen molar-refractivity contribution in [2.75, 3.05) is 13.2 Å². The number of carbonyl (C=O) groups is 1. The van der Waals surface area contributed by atoms with Crippen molar-refractivity contribution < 1.29 is 24.1 Å². The molecule has 37 heavy (non-hydrogen) atoms. The number of nitrogens with one attached hydrogen (secondary N) is 1. The minimum atomic E-state index is -0.672. The molecule has 5 nitrogen and oxygen atoms in total. The van der Waals surface area contributed by atoms with Crippen molar-refractivity contribution in [2.24, 2.45) is 29.6 Å². The van der Waals surface area contributed by atoms with Gasteiger partial charge in [-0.25, -0.2) is 4.39 Å². The van der Waals surface area contributed by atoms with Crippen LogP contribution in [0.3, 0.4) is 0 Å². The van der Waals surface area contributed by atoms with Crippen molar-refractivity contribution >= 4 is 5.97 Å². The van der Waals surface area contributed by atoms with Gasteiger partial charge >= 0.3 is 5.97 Å². The number of ether oxygens (including phenoxy) is 1. The number of aryl methyl sites for hydroxylation is 1. The van der Waals surface area contributed by atoms with Crippen molar-refractivity contribution in [1.29, 1.82) is 0 Å². The van der Waals surface area contributed by atoms with Crippen molar-refractivity contribution in [3.63, 3.8) is 0 Å². The molecule has 0 amide bonds. The maximum atomic E-state index is 13.9. The SMILES string of the molecule is Cc1ccc(CC(C)(C)NC[C@@H](O)CO[C@H](C)c2ccccc2C2CC3CC2C2C(C(=O)O)C32)cc1F. The van der Waals surface area contributed by atoms with E-state index in [0.717, 1.165) is 24.0 Å². The van der Waals surface area contributed by atoms with Crippen LogP contribution >= 0.6 is 0 Å². The molecular formula is C31H40FNO4. The van der Waals surface area contributed by atoms with E-state index in [1.54, 1.807) is 19.1 Å². The molecule has 0 heterocycles. The van der Waals surface area contributed by atoms with E-state index in [0.29, 0.717) is 48.1 Å². The van der Waals surface area contributed by atoms with Crippen molar-refractivity contribution in [1.82, 2.24) is 5.32 Å². The molecule has 2 aromatic rings. The third-order valence-corrected chi connectivity index (χ3v) is 9.18. The maximum absolute atomic E-state index is 13.9. The Kier molecular flexibility index (Phi) is 7.20. The highest BCUT2D eigenvalue weighted by atomic mass is 19.1. The fourth-order valence-corrected chi connectivity index (χ4v) is 7.39. The maximum Gasteiger partial charge on any atom is 0.307 e. The van der Waals surface area contributed by atoms with Gasteiger partial charge in [0, 0.05) is 12.1 Å². The number of aliphatic hydroxyl groups excluding tert-OH is 1. The van der Waals surface area contributed by atoms with Crippen molar-refractivity contribution in [3.8, 4) is 0 Å². The van der Waals surface area contributed by atoms with Gasteiger partial charge in [-0.1, -0.05) is 36.4 Å². The predicted molar refractivity (Wildman–Crippen MR) is 141 cm³/mol. The number of carboxylic acids is 1. The third kappa shape index (κ3) is 5.34. The monoisotopic (exact) mass is 509 g/mol. The lowest BCUT2D eigenvalue weighted by Crippen LogP contribution is -2.46. The van der Waals surface area contributed by atoms with Crippen molar-refractivity contribution in [2.45, 2.75) is 70.6 Å². The number of benzene rings is 2. The van der Waals surface area contributed by atoms with Crippen LogP contribution in [0.25, 0.3) is 0 Å². The second-order valence-electron chi connectivity index (χ2n) is 12.3. The molecule has 0 aromatic heterocycles. The third-order valence-electron chi connectivity index (χ3n) is 9.18. The Labute approximate surface area is 219 Å². The summed E-state index contributed by atoms with van der Waals surface area (Å²) in [4.78, 5) is 11.6. The Bertz CT molecular complexity index is 1150. The molecule has 0 saturated heterocycles. The number of carboxylic acid groups (broad SMARTS) is 1. The molecule has 6 heteroatoms. The van der Waals surface area contributed by atoms with E-state index in [9.17, 15) is 19.4 Å². The fraction of sp³-hybridized carbons (Fsp3) is 0.581. The highest BCUT2D eigenvalue weighted by Crippen LogP contribution is 2.73. The zero-order valence-corrected chi connectivity index (χ0v) is 22.3. The van der Waals surface area contributed by atoms with Crippen LogP contribution in [0.15, 0.2) is 42.5 Å². The normalized spacial score (nSPS) is 29.7. The van der Waals surface area contributed by atoms with Crippen LogP contribution in [0.5, 0.6) is 0 Å². The Morgan fingerprint density at radius 2 is 1.95 bits per heavy atom. The average molecular weight is 510 g/mol. The first-order valence-electron chi connectivity index (χ1n) is 13.7. The molecule has 3 saturated carbocycles. The molecular weight excluding hydrogens is 469 g/mol. The first-order valence-corrected chi connectivity index (χ1v) is 13.7. The van der Waals surface area contributed by atoms with Crippen LogP contribution in [-0.4, -0.2) is 41.0 Å². The summed E-state index contributed by atoms with van der Waals surface area (Å²) in [5.41, 5.74) is 3.68. The molecule has 3 aliphatic carbocycles. The smallest absolute Gasteiger partial charge is 0.307 e. The molecule has 3 fully saturated rings. The standard InChI is InChI=1S/C31H40FNO4/c1-17-9-10-19(11-26(17)32)14-31(3,4)33-15-21(34)16-37-18(2)22-7-5-6-8-23(22)24-12-20-13-25(24)28-27(20)29(28)30(35)36/h5-11,18,20-21,24-25,27-29,33-34H,12-16H2,1-4H3,(H,35,36)/t18-,20?,21-,24?,25?,27?,28?,29?/m1/s1. The zero-order chi connectivity index (χ0) is 26.5. The van der Waals surface area contributed by atoms with E-state index in [-0.39, 0.29) is 30.0 Å². The number of β-amino-alcohol motifs (C(OH)–C–C–N with tert-alkyl or cyclic N) is 1. The molecule has 5 rings (SSSR count). The molecule has 3 aliphatic rings. The summed E-state index contributed by atoms with van der Waals surface area (Å²) in [6.07, 6.45) is 2.04. The van der Waals surface area contributed by atoms with E-state index in [2.05, 4.69) is 23.5 Å². The van der Waals surface area contributed by atoms with E-state index >= 15 is 0 Å². The number of fused-ring (bicyclic) bond motifs is 5. The fourth-order valence-electron chi connectivity index (χ4n) is 7.39. The molecule has 6 unspecified atom stereocenters. The second-order valence-corrected chi connectivity index (χ2v) is 12.3. The second kappa shape index (κ2) is 10.1. The summed E-state index contributed by atoms with van der Waals surface area (Å²) in [7, 11) is 0. The van der Waals surface area contributed by atoms with Gasteiger partial charge in [-0.3, -0.25) is 4.79 Å². The first-order chi connectivity index (χ1) is 17.6. The van der Waals surface area contributed by atoms with E-state index in [4.69, 9.17) is 4.74 Å². The highest BCUT2D eigenvalue weighted by molar-refractivity contribution is 5.75. The summed E-state index contributed by atoms with van der Waals surface area (Å²) in [5, 5.41) is 23.6. The van der Waals surface area contributed by atoms with Gasteiger partial charge < -0.3 is 20.3 Å². The number of aliphatic carboxylic acids is 1. The van der Waals surface area contributed by atoms with Gasteiger partial charge in [0.2, 0.25) is 0 Å². The lowest BCUT2D eigenvalue weighted by Gasteiger charge is -2.29. The number of aliphatic hydroxyl groups is 1. The summed E-state index contributed by atoms with van der Waals surface area (Å²) < 4.78 is 20.1. The van der Waals surface area contributed by atoms with Gasteiger partial charge in [-0.05, 0) is 105 Å². The minimum Gasteiger partial charge on any atom is -0.481 e. The molecule has 2 bridgehead atoms. The van der Waals surface area contributed by atoms with Crippen LogP contribution in [0.4, 0.5) is 4.39 Å². The van der Waals surface area contributed by atoms with Crippen LogP contribution < -0.4 is 5.32 Å². The molecule has 0 aliphatic heterocycles. The Morgan fingerprint density at radius 3 is 2.68 bits per heavy atom. The van der Waals surface area contributed by atoms with Crippen LogP contribution in [0.2, 0.25) is 0 Å². The zero-order valence-electron chi connectivity index (χ0n) is 22.3. The summed E-state index contributed by atoms with van der Waals surface area (Å²) in [6, 6.07) is 13.7. The van der Waals surface area contributed by atoms with Gasteiger partial charge in [0.15, 0.2) is 0 Å². The van der Waals surface area contributed by atoms with Gasteiger partial charge in [0.25, 0.3) is 0 Å². The van der Waals surface area contributed by atoms with Crippen LogP contribution in [0, 0.1) is 42.3 Å². The van der Waals surface area contributed by atoms with Crippen LogP contribution in [0.1, 0.15) is 67.9 Å². The summed E-state index contributed by atoms with van der Waals surface area (Å²) in [5.74, 6) is 1.20. The minimum absolute atomic E-state index is 0.133. The largest absolute Gasteiger partial charge is 0.481 e. The molecule has 3 N–H and O–H groups in total. The molecule has 200 valence electrons. The van der Waals surface area contributed by atoms with Gasteiger partial charge in [-0.2, -0.15) is 0 Å². The average Bonchev–Trinajstić information content (AvgIpc) is 3.35. The summed E-state index contributed by atoms with van der Waals surface area (Å²) in [6.45, 7) is 8.47. The number of halogens is 1. The number of hydrogen-bond acceptors (Lipinski definition) is 4. The Morgan fingerprint density at radius 1 is 1.19 bits per heavy atom. The molecule has 0 spiro atoms. The van der Waals surface area contributed by atoms with Crippen molar-refractivity contribution in [3.05, 3.63) is 70.5 Å². The predicted octanol–water partition coefficient (Wildman–Crippen LogP) is 5.25. The van der Waals surface area contributed by atoms with Crippen LogP contribution in [-0.2, 0) is 16.0 Å². The van der Waals surface area contributed by atoms with Gasteiger partial charge in [0.05, 0.1) is 24.7 Å². The molecule has 8 atom stereocenters. The quantitative estimate of drug-likeness (QED) is 0.385.